The minimum absolute atomic E-state index is 0.0262. The van der Waals surface area contributed by atoms with Crippen LogP contribution < -0.4 is 11.6 Å². The maximum atomic E-state index is 6.15. The third-order valence-electron chi connectivity index (χ3n) is 4.21. The van der Waals surface area contributed by atoms with Crippen LogP contribution in [0.5, 0.6) is 0 Å². The Morgan fingerprint density at radius 3 is 2.26 bits per heavy atom. The molecule has 4 N–H and O–H groups in total. The van der Waals surface area contributed by atoms with Gasteiger partial charge < -0.3 is 15.5 Å². The van der Waals surface area contributed by atoms with Crippen LogP contribution in [0, 0.1) is 5.41 Å². The highest BCUT2D eigenvalue weighted by atomic mass is 16.5. The molecule has 0 bridgehead atoms. The Kier molecular flexibility index (Phi) is 4.38. The lowest BCUT2D eigenvalue weighted by Gasteiger charge is -2.43. The number of hydrazine groups is 1. The molecule has 0 radical (unpaired) electrons. The molecule has 0 unspecified atom stereocenters. The van der Waals surface area contributed by atoms with Crippen molar-refractivity contribution < 1.29 is 4.74 Å². The molecule has 19 heavy (non-hydrogen) atoms. The summed E-state index contributed by atoms with van der Waals surface area (Å²) in [5.74, 6) is 6.15. The van der Waals surface area contributed by atoms with Crippen molar-refractivity contribution in [1.82, 2.24) is 9.91 Å². The summed E-state index contributed by atoms with van der Waals surface area (Å²) in [6, 6.07) is 1.04. The number of ether oxygens (including phenoxy) is 1. The molecular formula is C14H28N4O. The number of allylic oxidation sites excluding steroid dienone is 1. The standard InChI is InChI=1S/C14H28N4O/c1-14(2,3)13(15)8-18(16)11-4-6-17(7-5-11)12-9-19-10-12/h8,11-12H,4-7,9-10,15-16H2,1-3H3/b13-8-. The molecule has 0 aromatic rings. The molecule has 0 aromatic carbocycles. The fraction of sp³-hybridized carbons (Fsp3) is 0.857. The van der Waals surface area contributed by atoms with Gasteiger partial charge >= 0.3 is 0 Å². The highest BCUT2D eigenvalue weighted by molar-refractivity contribution is 5.05. The largest absolute Gasteiger partial charge is 0.400 e. The number of nitrogens with zero attached hydrogens (tertiary/aromatic N) is 2. The van der Waals surface area contributed by atoms with E-state index in [1.165, 1.54) is 0 Å². The van der Waals surface area contributed by atoms with Crippen molar-refractivity contribution in [2.45, 2.75) is 45.7 Å². The van der Waals surface area contributed by atoms with Gasteiger partial charge in [0.05, 0.1) is 19.3 Å². The smallest absolute Gasteiger partial charge is 0.0645 e. The fourth-order valence-corrected chi connectivity index (χ4v) is 2.44. The van der Waals surface area contributed by atoms with E-state index in [-0.39, 0.29) is 5.41 Å². The van der Waals surface area contributed by atoms with E-state index < -0.39 is 0 Å². The first-order valence-corrected chi connectivity index (χ1v) is 7.20. The van der Waals surface area contributed by atoms with E-state index in [2.05, 4.69) is 25.7 Å². The zero-order valence-corrected chi connectivity index (χ0v) is 12.4. The van der Waals surface area contributed by atoms with Crippen molar-refractivity contribution >= 4 is 0 Å². The first kappa shape index (κ1) is 14.6. The minimum Gasteiger partial charge on any atom is -0.400 e. The normalized spacial score (nSPS) is 24.3. The van der Waals surface area contributed by atoms with Crippen LogP contribution in [-0.2, 0) is 4.74 Å². The minimum atomic E-state index is -0.0262. The number of rotatable bonds is 3. The second-order valence-corrected chi connectivity index (χ2v) is 6.74. The van der Waals surface area contributed by atoms with Crippen LogP contribution in [0.3, 0.4) is 0 Å². The van der Waals surface area contributed by atoms with Crippen LogP contribution in [0.2, 0.25) is 0 Å². The third kappa shape index (κ3) is 3.61. The lowest BCUT2D eigenvalue weighted by atomic mass is 9.93. The van der Waals surface area contributed by atoms with Crippen LogP contribution in [0.15, 0.2) is 11.9 Å². The third-order valence-corrected chi connectivity index (χ3v) is 4.21. The predicted octanol–water partition coefficient (Wildman–Crippen LogP) is 0.872. The highest BCUT2D eigenvalue weighted by Crippen LogP contribution is 2.23. The fourth-order valence-electron chi connectivity index (χ4n) is 2.44. The van der Waals surface area contributed by atoms with Crippen molar-refractivity contribution in [1.29, 1.82) is 0 Å². The number of likely N-dealkylation sites (tertiary alicyclic amines) is 1. The molecule has 110 valence electrons. The molecule has 2 saturated heterocycles. The van der Waals surface area contributed by atoms with E-state index >= 15 is 0 Å². The number of hydrogen-bond acceptors (Lipinski definition) is 5. The van der Waals surface area contributed by atoms with Gasteiger partial charge in [-0.1, -0.05) is 20.8 Å². The van der Waals surface area contributed by atoms with Gasteiger partial charge in [0.2, 0.25) is 0 Å². The molecule has 0 aromatic heterocycles. The Morgan fingerprint density at radius 2 is 1.84 bits per heavy atom. The Labute approximate surface area is 116 Å². The maximum Gasteiger partial charge on any atom is 0.0645 e. The lowest BCUT2D eigenvalue weighted by molar-refractivity contribution is -0.0748. The van der Waals surface area contributed by atoms with Gasteiger partial charge in [0.25, 0.3) is 0 Å². The molecule has 5 heteroatoms. The van der Waals surface area contributed by atoms with Crippen LogP contribution in [0.1, 0.15) is 33.6 Å². The van der Waals surface area contributed by atoms with Crippen LogP contribution in [0.4, 0.5) is 0 Å². The summed E-state index contributed by atoms with van der Waals surface area (Å²) in [7, 11) is 0. The quantitative estimate of drug-likeness (QED) is 0.587. The van der Waals surface area contributed by atoms with Gasteiger partial charge in [-0.05, 0) is 12.8 Å². The Morgan fingerprint density at radius 1 is 1.26 bits per heavy atom. The number of nitrogens with two attached hydrogens (primary N) is 2. The Bertz CT molecular complexity index is 325. The van der Waals surface area contributed by atoms with Crippen molar-refractivity contribution in [3.63, 3.8) is 0 Å². The van der Waals surface area contributed by atoms with Crippen molar-refractivity contribution in [3.8, 4) is 0 Å². The lowest BCUT2D eigenvalue weighted by Crippen LogP contribution is -2.54. The molecule has 2 aliphatic rings. The summed E-state index contributed by atoms with van der Waals surface area (Å²) < 4.78 is 5.25. The van der Waals surface area contributed by atoms with Gasteiger partial charge in [0.1, 0.15) is 0 Å². The molecule has 0 amide bonds. The van der Waals surface area contributed by atoms with Gasteiger partial charge in [0, 0.05) is 36.4 Å². The van der Waals surface area contributed by atoms with Gasteiger partial charge in [-0.15, -0.1) is 0 Å². The summed E-state index contributed by atoms with van der Waals surface area (Å²) in [6.07, 6.45) is 4.11. The number of hydrogen-bond donors (Lipinski definition) is 2. The van der Waals surface area contributed by atoms with E-state index in [0.29, 0.717) is 12.1 Å². The average molecular weight is 268 g/mol. The molecule has 0 aliphatic carbocycles. The molecule has 0 atom stereocenters. The zero-order chi connectivity index (χ0) is 14.0. The van der Waals surface area contributed by atoms with Gasteiger partial charge in [0.15, 0.2) is 0 Å². The maximum absolute atomic E-state index is 6.15. The molecule has 2 aliphatic heterocycles. The van der Waals surface area contributed by atoms with E-state index in [9.17, 15) is 0 Å². The predicted molar refractivity (Wildman–Crippen MR) is 77.0 cm³/mol. The molecule has 2 heterocycles. The molecule has 5 nitrogen and oxygen atoms in total. The molecule has 0 saturated carbocycles. The monoisotopic (exact) mass is 268 g/mol. The summed E-state index contributed by atoms with van der Waals surface area (Å²) in [5, 5.41) is 1.81. The molecule has 2 fully saturated rings. The summed E-state index contributed by atoms with van der Waals surface area (Å²) in [4.78, 5) is 2.52. The molecular weight excluding hydrogens is 240 g/mol. The van der Waals surface area contributed by atoms with Crippen molar-refractivity contribution in [2.75, 3.05) is 26.3 Å². The summed E-state index contributed by atoms with van der Waals surface area (Å²) >= 11 is 0. The Hall–Kier alpha value is -0.780. The van der Waals surface area contributed by atoms with E-state index in [4.69, 9.17) is 16.3 Å². The topological polar surface area (TPSA) is 67.8 Å². The summed E-state index contributed by atoms with van der Waals surface area (Å²) in [5.41, 5.74) is 6.89. The van der Waals surface area contributed by atoms with E-state index in [1.807, 2.05) is 11.2 Å². The zero-order valence-electron chi connectivity index (χ0n) is 12.4. The molecule has 0 spiro atoms. The highest BCUT2D eigenvalue weighted by Gasteiger charge is 2.30. The van der Waals surface area contributed by atoms with Crippen molar-refractivity contribution in [2.24, 2.45) is 17.0 Å². The van der Waals surface area contributed by atoms with Gasteiger partial charge in [-0.25, -0.2) is 5.84 Å². The van der Waals surface area contributed by atoms with Crippen molar-refractivity contribution in [3.05, 3.63) is 11.9 Å². The summed E-state index contributed by atoms with van der Waals surface area (Å²) in [6.45, 7) is 10.3. The second-order valence-electron chi connectivity index (χ2n) is 6.74. The van der Waals surface area contributed by atoms with E-state index in [1.54, 1.807) is 0 Å². The Balaban J connectivity index is 1.83. The van der Waals surface area contributed by atoms with Gasteiger partial charge in [-0.3, -0.25) is 4.90 Å². The van der Waals surface area contributed by atoms with Crippen LogP contribution in [-0.4, -0.2) is 48.3 Å². The average Bonchev–Trinajstić information content (AvgIpc) is 2.26. The first-order valence-electron chi connectivity index (χ1n) is 7.20. The number of piperidine rings is 1. The SMILES string of the molecule is CC(C)(C)/C(N)=C/N(N)C1CCN(C2COC2)CC1. The van der Waals surface area contributed by atoms with Crippen LogP contribution in [0.25, 0.3) is 0 Å². The van der Waals surface area contributed by atoms with Crippen LogP contribution >= 0.6 is 0 Å². The second kappa shape index (κ2) is 5.69. The van der Waals surface area contributed by atoms with Gasteiger partial charge in [-0.2, -0.15) is 0 Å². The first-order chi connectivity index (χ1) is 8.88. The van der Waals surface area contributed by atoms with E-state index in [0.717, 1.165) is 44.8 Å². The molecule has 2 rings (SSSR count).